The Labute approximate surface area is 95.7 Å². The first-order chi connectivity index (χ1) is 7.97. The van der Waals surface area contributed by atoms with E-state index in [0.717, 1.165) is 0 Å². The third-order valence-electron chi connectivity index (χ3n) is 2.04. The molecule has 7 heteroatoms. The van der Waals surface area contributed by atoms with Crippen molar-refractivity contribution in [2.24, 2.45) is 5.73 Å². The Hall–Kier alpha value is -1.89. The minimum atomic E-state index is -3.09. The summed E-state index contributed by atoms with van der Waals surface area (Å²) in [6.45, 7) is -3.09. The Balaban J connectivity index is 3.23. The number of methoxy groups -OCH3 is 1. The highest BCUT2D eigenvalue weighted by atomic mass is 19.3. The van der Waals surface area contributed by atoms with Gasteiger partial charge in [-0.3, -0.25) is 4.79 Å². The van der Waals surface area contributed by atoms with Crippen LogP contribution in [0.2, 0.25) is 0 Å². The number of para-hydroxylation sites is 1. The number of ether oxygens (including phenoxy) is 2. The van der Waals surface area contributed by atoms with E-state index >= 15 is 0 Å². The molecule has 0 unspecified atom stereocenters. The van der Waals surface area contributed by atoms with E-state index in [9.17, 15) is 13.6 Å². The number of carbonyl (C=O) groups is 1. The zero-order chi connectivity index (χ0) is 13.0. The molecule has 0 aromatic heterocycles. The summed E-state index contributed by atoms with van der Waals surface area (Å²) in [5.41, 5.74) is 5.29. The lowest BCUT2D eigenvalue weighted by Gasteiger charge is -2.16. The summed E-state index contributed by atoms with van der Waals surface area (Å²) >= 11 is 0. The van der Waals surface area contributed by atoms with E-state index in [-0.39, 0.29) is 17.1 Å². The Morgan fingerprint density at radius 1 is 1.47 bits per heavy atom. The zero-order valence-corrected chi connectivity index (χ0v) is 8.89. The van der Waals surface area contributed by atoms with Crippen LogP contribution in [0.15, 0.2) is 18.2 Å². The number of alkyl halides is 2. The van der Waals surface area contributed by atoms with Crippen LogP contribution in [0.3, 0.4) is 0 Å². The lowest BCUT2D eigenvalue weighted by molar-refractivity contribution is -0.138. The van der Waals surface area contributed by atoms with Crippen LogP contribution in [0.4, 0.5) is 8.78 Å². The largest absolute Gasteiger partial charge is 0.493 e. The van der Waals surface area contributed by atoms with Gasteiger partial charge in [0.1, 0.15) is 6.04 Å². The molecule has 0 spiro atoms. The van der Waals surface area contributed by atoms with Gasteiger partial charge in [-0.25, -0.2) is 0 Å². The second-order valence-corrected chi connectivity index (χ2v) is 3.07. The van der Waals surface area contributed by atoms with E-state index < -0.39 is 18.6 Å². The van der Waals surface area contributed by atoms with Gasteiger partial charge in [0.2, 0.25) is 0 Å². The van der Waals surface area contributed by atoms with Gasteiger partial charge in [-0.05, 0) is 6.07 Å². The lowest BCUT2D eigenvalue weighted by atomic mass is 10.1. The van der Waals surface area contributed by atoms with Crippen LogP contribution in [0.1, 0.15) is 11.6 Å². The Morgan fingerprint density at radius 2 is 2.12 bits per heavy atom. The van der Waals surface area contributed by atoms with Crippen molar-refractivity contribution in [2.45, 2.75) is 12.7 Å². The summed E-state index contributed by atoms with van der Waals surface area (Å²) in [6, 6.07) is 2.64. The molecule has 17 heavy (non-hydrogen) atoms. The summed E-state index contributed by atoms with van der Waals surface area (Å²) in [5, 5.41) is 8.75. The number of rotatable bonds is 5. The van der Waals surface area contributed by atoms with Crippen LogP contribution < -0.4 is 15.2 Å². The molecule has 1 rings (SSSR count). The van der Waals surface area contributed by atoms with E-state index in [1.54, 1.807) is 0 Å². The fraction of sp³-hybridized carbons (Fsp3) is 0.300. The van der Waals surface area contributed by atoms with Gasteiger partial charge >= 0.3 is 12.6 Å². The zero-order valence-electron chi connectivity index (χ0n) is 8.89. The van der Waals surface area contributed by atoms with E-state index in [0.29, 0.717) is 0 Å². The number of hydrogen-bond donors (Lipinski definition) is 2. The number of hydrogen-bond acceptors (Lipinski definition) is 4. The molecule has 0 bridgehead atoms. The fourth-order valence-electron chi connectivity index (χ4n) is 1.29. The van der Waals surface area contributed by atoms with Gasteiger partial charge in [-0.2, -0.15) is 8.78 Å². The van der Waals surface area contributed by atoms with Gasteiger partial charge in [0.25, 0.3) is 0 Å². The van der Waals surface area contributed by atoms with Crippen molar-refractivity contribution in [3.8, 4) is 11.5 Å². The lowest BCUT2D eigenvalue weighted by Crippen LogP contribution is -2.22. The maximum Gasteiger partial charge on any atom is 0.387 e. The predicted molar refractivity (Wildman–Crippen MR) is 54.2 cm³/mol. The summed E-state index contributed by atoms with van der Waals surface area (Å²) in [7, 11) is 1.25. The normalized spacial score (nSPS) is 12.3. The molecule has 1 atom stereocenters. The summed E-state index contributed by atoms with van der Waals surface area (Å²) in [6.07, 6.45) is 0. The molecule has 0 amide bonds. The van der Waals surface area contributed by atoms with Crippen LogP contribution in [-0.4, -0.2) is 24.8 Å². The molecule has 0 aliphatic heterocycles. The second-order valence-electron chi connectivity index (χ2n) is 3.07. The van der Waals surface area contributed by atoms with Crippen molar-refractivity contribution in [2.75, 3.05) is 7.11 Å². The first-order valence-electron chi connectivity index (χ1n) is 4.57. The highest BCUT2D eigenvalue weighted by Crippen LogP contribution is 2.35. The maximum atomic E-state index is 12.2. The Bertz CT molecular complexity index is 411. The topological polar surface area (TPSA) is 81.8 Å². The van der Waals surface area contributed by atoms with Crippen molar-refractivity contribution in [1.29, 1.82) is 0 Å². The molecule has 0 saturated carbocycles. The maximum absolute atomic E-state index is 12.2. The molecule has 0 fully saturated rings. The molecular formula is C10H11F2NO4. The smallest absolute Gasteiger partial charge is 0.387 e. The van der Waals surface area contributed by atoms with Gasteiger partial charge in [0.15, 0.2) is 11.5 Å². The van der Waals surface area contributed by atoms with E-state index in [2.05, 4.69) is 4.74 Å². The van der Waals surface area contributed by atoms with Gasteiger partial charge in [-0.1, -0.05) is 12.1 Å². The van der Waals surface area contributed by atoms with Crippen molar-refractivity contribution < 1.29 is 28.2 Å². The highest BCUT2D eigenvalue weighted by Gasteiger charge is 2.23. The quantitative estimate of drug-likeness (QED) is 0.821. The van der Waals surface area contributed by atoms with Gasteiger partial charge in [0.05, 0.1) is 7.11 Å². The first kappa shape index (κ1) is 13.2. The molecule has 1 aromatic carbocycles. The minimum absolute atomic E-state index is 0.000463. The molecule has 5 nitrogen and oxygen atoms in total. The van der Waals surface area contributed by atoms with Crippen molar-refractivity contribution >= 4 is 5.97 Å². The van der Waals surface area contributed by atoms with E-state index in [1.807, 2.05) is 0 Å². The number of halogens is 2. The first-order valence-corrected chi connectivity index (χ1v) is 4.57. The number of benzene rings is 1. The van der Waals surface area contributed by atoms with Crippen LogP contribution in [0, 0.1) is 0 Å². The molecule has 0 aliphatic carbocycles. The third kappa shape index (κ3) is 3.04. The number of aliphatic carboxylic acids is 1. The van der Waals surface area contributed by atoms with Crippen LogP contribution in [0.5, 0.6) is 11.5 Å². The van der Waals surface area contributed by atoms with Crippen molar-refractivity contribution in [1.82, 2.24) is 0 Å². The number of carboxylic acids is 1. The molecule has 0 saturated heterocycles. The molecule has 0 aliphatic rings. The SMILES string of the molecule is COc1cccc([C@H](N)C(=O)O)c1OC(F)F. The molecular weight excluding hydrogens is 236 g/mol. The van der Waals surface area contributed by atoms with Gasteiger partial charge in [0, 0.05) is 5.56 Å². The average molecular weight is 247 g/mol. The standard InChI is InChI=1S/C10H11F2NO4/c1-16-6-4-2-3-5(7(13)9(14)15)8(6)17-10(11)12/h2-4,7,10H,13H2,1H3,(H,14,15)/t7-/m0/s1. The van der Waals surface area contributed by atoms with Crippen LogP contribution >= 0.6 is 0 Å². The van der Waals surface area contributed by atoms with Crippen molar-refractivity contribution in [3.05, 3.63) is 23.8 Å². The minimum Gasteiger partial charge on any atom is -0.493 e. The molecule has 3 N–H and O–H groups in total. The summed E-state index contributed by atoms with van der Waals surface area (Å²) < 4.78 is 33.5. The van der Waals surface area contributed by atoms with E-state index in [4.69, 9.17) is 15.6 Å². The molecule has 0 radical (unpaired) electrons. The van der Waals surface area contributed by atoms with Gasteiger partial charge < -0.3 is 20.3 Å². The predicted octanol–water partition coefficient (Wildman–Crippen LogP) is 1.38. The Kier molecular flexibility index (Phi) is 4.22. The average Bonchev–Trinajstić information content (AvgIpc) is 2.27. The second kappa shape index (κ2) is 5.44. The molecule has 0 heterocycles. The number of carboxylic acid groups (broad SMARTS) is 1. The van der Waals surface area contributed by atoms with Gasteiger partial charge in [-0.15, -0.1) is 0 Å². The molecule has 94 valence electrons. The summed E-state index contributed by atoms with van der Waals surface area (Å²) in [5.74, 6) is -1.71. The summed E-state index contributed by atoms with van der Waals surface area (Å²) in [4.78, 5) is 10.7. The third-order valence-corrected chi connectivity index (χ3v) is 2.04. The highest BCUT2D eigenvalue weighted by molar-refractivity contribution is 5.77. The number of nitrogens with two attached hydrogens (primary N) is 1. The van der Waals surface area contributed by atoms with E-state index in [1.165, 1.54) is 25.3 Å². The Morgan fingerprint density at radius 3 is 2.59 bits per heavy atom. The van der Waals surface area contributed by atoms with Crippen LogP contribution in [0.25, 0.3) is 0 Å². The van der Waals surface area contributed by atoms with Crippen molar-refractivity contribution in [3.63, 3.8) is 0 Å². The molecule has 1 aromatic rings. The van der Waals surface area contributed by atoms with Crippen LogP contribution in [-0.2, 0) is 4.79 Å². The fourth-order valence-corrected chi connectivity index (χ4v) is 1.29. The monoisotopic (exact) mass is 247 g/mol.